The molecule has 28 heavy (non-hydrogen) atoms. The first kappa shape index (κ1) is 21.3. The summed E-state index contributed by atoms with van der Waals surface area (Å²) in [6, 6.07) is 14.6. The lowest BCUT2D eigenvalue weighted by Gasteiger charge is -2.11. The van der Waals surface area contributed by atoms with Crippen LogP contribution in [0.15, 0.2) is 48.5 Å². The third-order valence-corrected chi connectivity index (χ3v) is 4.02. The van der Waals surface area contributed by atoms with Crippen LogP contribution in [0.5, 0.6) is 5.75 Å². The molecule has 2 aromatic rings. The van der Waals surface area contributed by atoms with Gasteiger partial charge in [-0.05, 0) is 54.8 Å². The molecule has 0 aliphatic carbocycles. The Morgan fingerprint density at radius 3 is 2.18 bits per heavy atom. The Bertz CT molecular complexity index is 773. The maximum Gasteiger partial charge on any atom is 0.243 e. The van der Waals surface area contributed by atoms with E-state index in [-0.39, 0.29) is 18.4 Å². The SMILES string of the molecule is CCC(=O)Nc1cccc(NC(=O)CNc2ccc(OCCC(C)C)cc2)c1. The molecule has 0 atom stereocenters. The van der Waals surface area contributed by atoms with E-state index in [9.17, 15) is 9.59 Å². The highest BCUT2D eigenvalue weighted by Crippen LogP contribution is 2.17. The van der Waals surface area contributed by atoms with Crippen LogP contribution in [-0.4, -0.2) is 25.0 Å². The summed E-state index contributed by atoms with van der Waals surface area (Å²) < 4.78 is 5.69. The maximum atomic E-state index is 12.2. The van der Waals surface area contributed by atoms with Crippen LogP contribution in [-0.2, 0) is 9.59 Å². The van der Waals surface area contributed by atoms with E-state index in [2.05, 4.69) is 29.8 Å². The van der Waals surface area contributed by atoms with Crippen molar-refractivity contribution in [3.05, 3.63) is 48.5 Å². The second kappa shape index (κ2) is 11.0. The second-order valence-corrected chi connectivity index (χ2v) is 6.94. The van der Waals surface area contributed by atoms with Gasteiger partial charge in [0.2, 0.25) is 11.8 Å². The molecule has 150 valence electrons. The van der Waals surface area contributed by atoms with Gasteiger partial charge >= 0.3 is 0 Å². The van der Waals surface area contributed by atoms with E-state index in [0.717, 1.165) is 17.9 Å². The molecule has 2 rings (SSSR count). The standard InChI is InChI=1S/C22H29N3O3/c1-4-21(26)24-18-6-5-7-19(14-18)25-22(27)15-23-17-8-10-20(11-9-17)28-13-12-16(2)3/h5-11,14,16,23H,4,12-13,15H2,1-3H3,(H,24,26)(H,25,27). The van der Waals surface area contributed by atoms with Gasteiger partial charge in [0.25, 0.3) is 0 Å². The molecule has 3 N–H and O–H groups in total. The molecule has 0 unspecified atom stereocenters. The minimum absolute atomic E-state index is 0.0678. The van der Waals surface area contributed by atoms with Crippen LogP contribution >= 0.6 is 0 Å². The zero-order valence-electron chi connectivity index (χ0n) is 16.7. The highest BCUT2D eigenvalue weighted by Gasteiger charge is 2.05. The van der Waals surface area contributed by atoms with Gasteiger partial charge in [-0.3, -0.25) is 9.59 Å². The largest absolute Gasteiger partial charge is 0.494 e. The fourth-order valence-corrected chi connectivity index (χ4v) is 2.39. The van der Waals surface area contributed by atoms with Gasteiger partial charge in [-0.15, -0.1) is 0 Å². The third-order valence-electron chi connectivity index (χ3n) is 4.02. The van der Waals surface area contributed by atoms with Gasteiger partial charge < -0.3 is 20.7 Å². The van der Waals surface area contributed by atoms with Crippen LogP contribution in [0.3, 0.4) is 0 Å². The monoisotopic (exact) mass is 383 g/mol. The molecule has 0 aromatic heterocycles. The van der Waals surface area contributed by atoms with Crippen LogP contribution < -0.4 is 20.7 Å². The molecule has 0 bridgehead atoms. The number of rotatable bonds is 10. The molecule has 0 aliphatic heterocycles. The number of carbonyl (C=O) groups excluding carboxylic acids is 2. The van der Waals surface area contributed by atoms with Crippen molar-refractivity contribution in [1.29, 1.82) is 0 Å². The van der Waals surface area contributed by atoms with E-state index in [4.69, 9.17) is 4.74 Å². The van der Waals surface area contributed by atoms with E-state index < -0.39 is 0 Å². The van der Waals surface area contributed by atoms with E-state index >= 15 is 0 Å². The van der Waals surface area contributed by atoms with Gasteiger partial charge in [0, 0.05) is 23.5 Å². The van der Waals surface area contributed by atoms with Gasteiger partial charge in [-0.2, -0.15) is 0 Å². The number of hydrogen-bond acceptors (Lipinski definition) is 4. The molecule has 6 nitrogen and oxygen atoms in total. The quantitative estimate of drug-likeness (QED) is 0.564. The van der Waals surface area contributed by atoms with Crippen molar-refractivity contribution >= 4 is 28.9 Å². The smallest absolute Gasteiger partial charge is 0.243 e. The molecule has 0 radical (unpaired) electrons. The van der Waals surface area contributed by atoms with Crippen LogP contribution in [0.2, 0.25) is 0 Å². The van der Waals surface area contributed by atoms with Crippen molar-refractivity contribution in [3.63, 3.8) is 0 Å². The van der Waals surface area contributed by atoms with Gasteiger partial charge in [-0.1, -0.05) is 26.8 Å². The van der Waals surface area contributed by atoms with Crippen molar-refractivity contribution in [1.82, 2.24) is 0 Å². The van der Waals surface area contributed by atoms with Gasteiger partial charge in [0.15, 0.2) is 0 Å². The molecule has 2 amide bonds. The second-order valence-electron chi connectivity index (χ2n) is 6.94. The average Bonchev–Trinajstić information content (AvgIpc) is 2.67. The fraction of sp³-hybridized carbons (Fsp3) is 0.364. The number of carbonyl (C=O) groups is 2. The lowest BCUT2D eigenvalue weighted by atomic mass is 10.1. The Balaban J connectivity index is 1.79. The minimum Gasteiger partial charge on any atom is -0.494 e. The predicted octanol–water partition coefficient (Wildman–Crippen LogP) is 4.51. The maximum absolute atomic E-state index is 12.2. The molecule has 0 fully saturated rings. The molecular weight excluding hydrogens is 354 g/mol. The summed E-state index contributed by atoms with van der Waals surface area (Å²) in [5.41, 5.74) is 2.13. The Hall–Kier alpha value is -3.02. The van der Waals surface area contributed by atoms with Crippen molar-refractivity contribution in [2.24, 2.45) is 5.92 Å². The predicted molar refractivity (Wildman–Crippen MR) is 114 cm³/mol. The van der Waals surface area contributed by atoms with Crippen molar-refractivity contribution in [2.45, 2.75) is 33.6 Å². The van der Waals surface area contributed by atoms with Crippen molar-refractivity contribution in [3.8, 4) is 5.75 Å². The number of benzene rings is 2. The van der Waals surface area contributed by atoms with Crippen molar-refractivity contribution in [2.75, 3.05) is 29.1 Å². The summed E-state index contributed by atoms with van der Waals surface area (Å²) in [6.07, 6.45) is 1.42. The number of ether oxygens (including phenoxy) is 1. The first-order chi connectivity index (χ1) is 13.5. The van der Waals surface area contributed by atoms with Gasteiger partial charge in [0.1, 0.15) is 5.75 Å². The minimum atomic E-state index is -0.170. The summed E-state index contributed by atoms with van der Waals surface area (Å²) in [5.74, 6) is 1.20. The Labute approximate surface area is 166 Å². The molecule has 6 heteroatoms. The number of amides is 2. The number of hydrogen-bond donors (Lipinski definition) is 3. The Morgan fingerprint density at radius 1 is 0.929 bits per heavy atom. The molecule has 0 saturated carbocycles. The first-order valence-corrected chi connectivity index (χ1v) is 9.62. The summed E-state index contributed by atoms with van der Waals surface area (Å²) in [6.45, 7) is 6.96. The summed E-state index contributed by atoms with van der Waals surface area (Å²) in [4.78, 5) is 23.6. The van der Waals surface area contributed by atoms with E-state index in [0.29, 0.717) is 30.3 Å². The highest BCUT2D eigenvalue weighted by atomic mass is 16.5. The Morgan fingerprint density at radius 2 is 1.57 bits per heavy atom. The molecular formula is C22H29N3O3. The van der Waals surface area contributed by atoms with Crippen LogP contribution in [0.25, 0.3) is 0 Å². The average molecular weight is 383 g/mol. The molecule has 0 spiro atoms. The van der Waals surface area contributed by atoms with E-state index in [1.54, 1.807) is 31.2 Å². The highest BCUT2D eigenvalue weighted by molar-refractivity contribution is 5.95. The Kier molecular flexibility index (Phi) is 8.34. The fourth-order valence-electron chi connectivity index (χ4n) is 2.39. The van der Waals surface area contributed by atoms with Crippen LogP contribution in [0.1, 0.15) is 33.6 Å². The lowest BCUT2D eigenvalue weighted by Crippen LogP contribution is -2.21. The number of nitrogens with one attached hydrogen (secondary N) is 3. The normalized spacial score (nSPS) is 10.4. The van der Waals surface area contributed by atoms with Crippen LogP contribution in [0.4, 0.5) is 17.1 Å². The summed E-state index contributed by atoms with van der Waals surface area (Å²) >= 11 is 0. The van der Waals surface area contributed by atoms with E-state index in [1.165, 1.54) is 0 Å². The third kappa shape index (κ3) is 7.70. The van der Waals surface area contributed by atoms with Gasteiger partial charge in [0.05, 0.1) is 13.2 Å². The van der Waals surface area contributed by atoms with Crippen molar-refractivity contribution < 1.29 is 14.3 Å². The summed E-state index contributed by atoms with van der Waals surface area (Å²) in [5, 5.41) is 8.67. The topological polar surface area (TPSA) is 79.5 Å². The number of anilines is 3. The lowest BCUT2D eigenvalue weighted by molar-refractivity contribution is -0.116. The molecule has 0 saturated heterocycles. The summed E-state index contributed by atoms with van der Waals surface area (Å²) in [7, 11) is 0. The zero-order valence-corrected chi connectivity index (χ0v) is 16.7. The van der Waals surface area contributed by atoms with Gasteiger partial charge in [-0.25, -0.2) is 0 Å². The zero-order chi connectivity index (χ0) is 20.4. The molecule has 2 aromatic carbocycles. The molecule has 0 aliphatic rings. The van der Waals surface area contributed by atoms with Crippen LogP contribution in [0, 0.1) is 5.92 Å². The molecule has 0 heterocycles. The first-order valence-electron chi connectivity index (χ1n) is 9.62. The van der Waals surface area contributed by atoms with E-state index in [1.807, 2.05) is 24.3 Å².